The molecule has 23 heavy (non-hydrogen) atoms. The zero-order valence-corrected chi connectivity index (χ0v) is 14.0. The van der Waals surface area contributed by atoms with E-state index in [4.69, 9.17) is 9.84 Å². The van der Waals surface area contributed by atoms with E-state index in [9.17, 15) is 9.59 Å². The van der Waals surface area contributed by atoms with Crippen LogP contribution in [0.2, 0.25) is 0 Å². The molecule has 0 aliphatic carbocycles. The Bertz CT molecular complexity index is 535. The van der Waals surface area contributed by atoms with E-state index in [1.165, 1.54) is 6.92 Å². The zero-order chi connectivity index (χ0) is 16.7. The molecule has 1 heterocycles. The fraction of sp³-hybridized carbons (Fsp3) is 0.500. The molecular weight excluding hydrogens is 316 g/mol. The summed E-state index contributed by atoms with van der Waals surface area (Å²) in [6.07, 6.45) is -0.170. The van der Waals surface area contributed by atoms with Gasteiger partial charge in [0.2, 0.25) is 5.91 Å². The normalized spacial score (nSPS) is 17.8. The Labute approximate surface area is 140 Å². The number of thioether (sulfide) groups is 1. The van der Waals surface area contributed by atoms with Crippen LogP contribution in [0.25, 0.3) is 0 Å². The summed E-state index contributed by atoms with van der Waals surface area (Å²) in [5, 5.41) is 11.6. The van der Waals surface area contributed by atoms with Gasteiger partial charge in [-0.25, -0.2) is 0 Å². The summed E-state index contributed by atoms with van der Waals surface area (Å²) in [5.74, 6) is 0.505. The molecule has 2 rings (SSSR count). The second-order valence-corrected chi connectivity index (χ2v) is 6.43. The smallest absolute Gasteiger partial charge is 0.251 e. The SMILES string of the molecule is CC(=O)N1CCOC(CNC(=O)c2ccc(SCCO)cc2)C1. The Morgan fingerprint density at radius 1 is 1.39 bits per heavy atom. The number of carbonyl (C=O) groups excluding carboxylic acids is 2. The lowest BCUT2D eigenvalue weighted by Gasteiger charge is -2.32. The van der Waals surface area contributed by atoms with Gasteiger partial charge in [-0.3, -0.25) is 9.59 Å². The predicted octanol–water partition coefficient (Wildman–Crippen LogP) is 0.748. The highest BCUT2D eigenvalue weighted by molar-refractivity contribution is 7.99. The van der Waals surface area contributed by atoms with Crippen LogP contribution in [0.15, 0.2) is 29.2 Å². The van der Waals surface area contributed by atoms with Gasteiger partial charge in [-0.05, 0) is 24.3 Å². The van der Waals surface area contributed by atoms with Gasteiger partial charge in [-0.2, -0.15) is 0 Å². The zero-order valence-electron chi connectivity index (χ0n) is 13.2. The van der Waals surface area contributed by atoms with E-state index in [-0.39, 0.29) is 24.5 Å². The van der Waals surface area contributed by atoms with Gasteiger partial charge in [-0.15, -0.1) is 11.8 Å². The minimum Gasteiger partial charge on any atom is -0.396 e. The highest BCUT2D eigenvalue weighted by Crippen LogP contribution is 2.17. The lowest BCUT2D eigenvalue weighted by atomic mass is 10.2. The number of benzene rings is 1. The van der Waals surface area contributed by atoms with Crippen molar-refractivity contribution in [3.63, 3.8) is 0 Å². The Morgan fingerprint density at radius 3 is 2.78 bits per heavy atom. The first-order valence-electron chi connectivity index (χ1n) is 7.59. The van der Waals surface area contributed by atoms with Crippen molar-refractivity contribution in [1.29, 1.82) is 0 Å². The number of nitrogens with one attached hydrogen (secondary N) is 1. The van der Waals surface area contributed by atoms with E-state index < -0.39 is 0 Å². The van der Waals surface area contributed by atoms with Gasteiger partial charge in [0.1, 0.15) is 0 Å². The van der Waals surface area contributed by atoms with E-state index in [0.29, 0.717) is 37.6 Å². The van der Waals surface area contributed by atoms with Gasteiger partial charge in [0.05, 0.1) is 19.3 Å². The second-order valence-electron chi connectivity index (χ2n) is 5.26. The van der Waals surface area contributed by atoms with Gasteiger partial charge in [0.15, 0.2) is 0 Å². The summed E-state index contributed by atoms with van der Waals surface area (Å²) in [6, 6.07) is 7.25. The third-order valence-electron chi connectivity index (χ3n) is 3.55. The predicted molar refractivity (Wildman–Crippen MR) is 88.6 cm³/mol. The van der Waals surface area contributed by atoms with E-state index in [0.717, 1.165) is 4.90 Å². The molecule has 0 bridgehead atoms. The van der Waals surface area contributed by atoms with Crippen molar-refractivity contribution in [3.8, 4) is 0 Å². The molecule has 0 radical (unpaired) electrons. The van der Waals surface area contributed by atoms with E-state index in [1.807, 2.05) is 12.1 Å². The number of aliphatic hydroxyl groups is 1. The minimum atomic E-state index is -0.170. The van der Waals surface area contributed by atoms with Gasteiger partial charge in [0.25, 0.3) is 5.91 Å². The van der Waals surface area contributed by atoms with E-state index in [1.54, 1.807) is 28.8 Å². The summed E-state index contributed by atoms with van der Waals surface area (Å²) in [4.78, 5) is 26.3. The monoisotopic (exact) mass is 338 g/mol. The lowest BCUT2D eigenvalue weighted by molar-refractivity contribution is -0.136. The number of morpholine rings is 1. The summed E-state index contributed by atoms with van der Waals surface area (Å²) in [5.41, 5.74) is 0.581. The highest BCUT2D eigenvalue weighted by atomic mass is 32.2. The van der Waals surface area contributed by atoms with Crippen LogP contribution in [0, 0.1) is 0 Å². The third-order valence-corrected chi connectivity index (χ3v) is 4.54. The van der Waals surface area contributed by atoms with Crippen LogP contribution in [-0.2, 0) is 9.53 Å². The fourth-order valence-corrected chi connectivity index (χ4v) is 2.96. The van der Waals surface area contributed by atoms with Crippen LogP contribution in [0.4, 0.5) is 0 Å². The molecule has 7 heteroatoms. The summed E-state index contributed by atoms with van der Waals surface area (Å²) in [7, 11) is 0. The van der Waals surface area contributed by atoms with Crippen molar-refractivity contribution in [2.75, 3.05) is 38.6 Å². The molecule has 1 aliphatic heterocycles. The summed E-state index contributed by atoms with van der Waals surface area (Å²) < 4.78 is 5.57. The number of hydrogen-bond acceptors (Lipinski definition) is 5. The first-order valence-corrected chi connectivity index (χ1v) is 8.57. The molecule has 1 aromatic carbocycles. The molecule has 0 saturated carbocycles. The number of aliphatic hydroxyl groups excluding tert-OH is 1. The number of carbonyl (C=O) groups is 2. The highest BCUT2D eigenvalue weighted by Gasteiger charge is 2.22. The Kier molecular flexibility index (Phi) is 6.88. The maximum atomic E-state index is 12.1. The second kappa shape index (κ2) is 8.90. The quantitative estimate of drug-likeness (QED) is 0.748. The van der Waals surface area contributed by atoms with Crippen molar-refractivity contribution in [1.82, 2.24) is 10.2 Å². The first kappa shape index (κ1) is 17.8. The van der Waals surface area contributed by atoms with Crippen LogP contribution in [-0.4, -0.2) is 66.5 Å². The van der Waals surface area contributed by atoms with Crippen molar-refractivity contribution in [3.05, 3.63) is 29.8 Å². The van der Waals surface area contributed by atoms with Crippen LogP contribution >= 0.6 is 11.8 Å². The minimum absolute atomic E-state index is 0.0283. The summed E-state index contributed by atoms with van der Waals surface area (Å²) in [6.45, 7) is 3.66. The molecule has 1 fully saturated rings. The maximum Gasteiger partial charge on any atom is 0.251 e. The molecule has 2 amide bonds. The van der Waals surface area contributed by atoms with Gasteiger partial charge in [-0.1, -0.05) is 0 Å². The van der Waals surface area contributed by atoms with Gasteiger partial charge < -0.3 is 20.1 Å². The van der Waals surface area contributed by atoms with Gasteiger partial charge >= 0.3 is 0 Å². The standard InChI is InChI=1S/C16H22N2O4S/c1-12(20)18-6-8-22-14(11-18)10-17-16(21)13-2-4-15(5-3-13)23-9-7-19/h2-5,14,19H,6-11H2,1H3,(H,17,21). The molecule has 126 valence electrons. The molecule has 1 unspecified atom stereocenters. The van der Waals surface area contributed by atoms with Crippen molar-refractivity contribution in [2.45, 2.75) is 17.9 Å². The number of rotatable bonds is 6. The third kappa shape index (κ3) is 5.53. The molecular formula is C16H22N2O4S. The molecule has 1 saturated heterocycles. The van der Waals surface area contributed by atoms with Crippen LogP contribution in [0.1, 0.15) is 17.3 Å². The summed E-state index contributed by atoms with van der Waals surface area (Å²) >= 11 is 1.54. The van der Waals surface area contributed by atoms with Crippen LogP contribution in [0.3, 0.4) is 0 Å². The van der Waals surface area contributed by atoms with Gasteiger partial charge in [0, 0.05) is 42.8 Å². The molecule has 1 aliphatic rings. The molecule has 0 aromatic heterocycles. The maximum absolute atomic E-state index is 12.1. The number of amides is 2. The number of hydrogen-bond donors (Lipinski definition) is 2. The molecule has 6 nitrogen and oxygen atoms in total. The van der Waals surface area contributed by atoms with Crippen LogP contribution < -0.4 is 5.32 Å². The molecule has 1 aromatic rings. The average molecular weight is 338 g/mol. The molecule has 1 atom stereocenters. The van der Waals surface area contributed by atoms with Crippen LogP contribution in [0.5, 0.6) is 0 Å². The molecule has 0 spiro atoms. The van der Waals surface area contributed by atoms with Crippen molar-refractivity contribution < 1.29 is 19.4 Å². The van der Waals surface area contributed by atoms with Crippen molar-refractivity contribution in [2.24, 2.45) is 0 Å². The fourth-order valence-electron chi connectivity index (χ4n) is 2.30. The largest absolute Gasteiger partial charge is 0.396 e. The Balaban J connectivity index is 1.81. The Morgan fingerprint density at radius 2 is 2.13 bits per heavy atom. The van der Waals surface area contributed by atoms with E-state index >= 15 is 0 Å². The number of nitrogens with zero attached hydrogens (tertiary/aromatic N) is 1. The average Bonchev–Trinajstić information content (AvgIpc) is 2.58. The topological polar surface area (TPSA) is 78.9 Å². The van der Waals surface area contributed by atoms with E-state index in [2.05, 4.69) is 5.32 Å². The lowest BCUT2D eigenvalue weighted by Crippen LogP contribution is -2.49. The first-order chi connectivity index (χ1) is 11.1. The van der Waals surface area contributed by atoms with Crippen molar-refractivity contribution >= 4 is 23.6 Å². The number of ether oxygens (including phenoxy) is 1. The Hall–Kier alpha value is -1.57. The molecule has 2 N–H and O–H groups in total.